The number of aryl methyl sites for hydroxylation is 1. The highest BCUT2D eigenvalue weighted by Gasteiger charge is 2.24. The highest BCUT2D eigenvalue weighted by Crippen LogP contribution is 2.29. The van der Waals surface area contributed by atoms with Crippen molar-refractivity contribution in [2.24, 2.45) is 0 Å². The van der Waals surface area contributed by atoms with Gasteiger partial charge in [-0.05, 0) is 32.4 Å². The molecule has 0 aliphatic carbocycles. The minimum Gasteiger partial charge on any atom is -0.367 e. The predicted octanol–water partition coefficient (Wildman–Crippen LogP) is 3.42. The van der Waals surface area contributed by atoms with Gasteiger partial charge in [-0.25, -0.2) is 9.37 Å². The molecule has 4 aromatic rings. The van der Waals surface area contributed by atoms with E-state index in [0.717, 1.165) is 24.5 Å². The highest BCUT2D eigenvalue weighted by molar-refractivity contribution is 6.13. The van der Waals surface area contributed by atoms with Crippen LogP contribution in [0.4, 0.5) is 15.8 Å². The number of aromatic nitrogens is 4. The first-order chi connectivity index (χ1) is 15.9. The summed E-state index contributed by atoms with van der Waals surface area (Å²) in [5, 5.41) is 6.33. The second-order valence-electron chi connectivity index (χ2n) is 8.61. The van der Waals surface area contributed by atoms with E-state index in [2.05, 4.69) is 44.3 Å². The lowest BCUT2D eigenvalue weighted by Crippen LogP contribution is -2.54. The number of nitrogens with zero attached hydrogens (tertiary/aromatic N) is 5. The molecule has 1 aromatic carbocycles. The van der Waals surface area contributed by atoms with Crippen LogP contribution in [-0.4, -0.2) is 50.4 Å². The van der Waals surface area contributed by atoms with E-state index in [9.17, 15) is 9.18 Å². The number of nitrogens with one attached hydrogen (secondary N) is 2. The van der Waals surface area contributed by atoms with Gasteiger partial charge in [-0.3, -0.25) is 14.8 Å². The molecule has 1 aliphatic rings. The predicted molar refractivity (Wildman–Crippen MR) is 126 cm³/mol. The van der Waals surface area contributed by atoms with Gasteiger partial charge in [0.25, 0.3) is 5.91 Å². The minimum atomic E-state index is -0.491. The molecule has 1 fully saturated rings. The molecule has 1 saturated heterocycles. The number of halogens is 1. The molecule has 1 amide bonds. The summed E-state index contributed by atoms with van der Waals surface area (Å²) in [4.78, 5) is 28.7. The Bertz CT molecular complexity index is 1340. The molecule has 9 heteroatoms. The fourth-order valence-electron chi connectivity index (χ4n) is 4.55. The maximum Gasteiger partial charge on any atom is 0.257 e. The largest absolute Gasteiger partial charge is 0.367 e. The van der Waals surface area contributed by atoms with Crippen molar-refractivity contribution in [1.29, 1.82) is 0 Å². The van der Waals surface area contributed by atoms with E-state index < -0.39 is 5.82 Å². The van der Waals surface area contributed by atoms with Crippen molar-refractivity contribution < 1.29 is 9.18 Å². The number of piperazine rings is 1. The monoisotopic (exact) mass is 447 g/mol. The number of imidazole rings is 1. The summed E-state index contributed by atoms with van der Waals surface area (Å²) in [6.07, 6.45) is 7.34. The number of hydrogen-bond acceptors (Lipinski definition) is 6. The van der Waals surface area contributed by atoms with Crippen LogP contribution in [0.2, 0.25) is 0 Å². The molecule has 2 atom stereocenters. The van der Waals surface area contributed by atoms with E-state index in [1.807, 2.05) is 13.0 Å². The molecule has 1 aliphatic heterocycles. The van der Waals surface area contributed by atoms with Gasteiger partial charge in [0.05, 0.1) is 22.6 Å². The van der Waals surface area contributed by atoms with Crippen LogP contribution in [0.15, 0.2) is 43.0 Å². The number of benzene rings is 1. The van der Waals surface area contributed by atoms with E-state index in [1.54, 1.807) is 35.3 Å². The number of carbonyl (C=O) groups is 1. The van der Waals surface area contributed by atoms with E-state index >= 15 is 0 Å². The molecule has 0 unspecified atom stereocenters. The molecule has 0 saturated carbocycles. The van der Waals surface area contributed by atoms with E-state index in [0.29, 0.717) is 40.8 Å². The van der Waals surface area contributed by atoms with Crippen molar-refractivity contribution in [2.45, 2.75) is 39.3 Å². The average Bonchev–Trinajstić information content (AvgIpc) is 3.21. The molecule has 170 valence electrons. The number of fused-ring (bicyclic) bond motifs is 2. The van der Waals surface area contributed by atoms with Crippen molar-refractivity contribution in [3.8, 4) is 0 Å². The second-order valence-corrected chi connectivity index (χ2v) is 8.61. The minimum absolute atomic E-state index is 0.241. The van der Waals surface area contributed by atoms with Gasteiger partial charge in [-0.2, -0.15) is 0 Å². The Morgan fingerprint density at radius 3 is 2.61 bits per heavy atom. The SMILES string of the molecule is CCc1cn2cc(NC(=O)c3ccc(N4C[C@H](C)N[C@@H](C)C4)c4nccnc34)cc(F)c2n1. The summed E-state index contributed by atoms with van der Waals surface area (Å²) < 4.78 is 16.2. The lowest BCUT2D eigenvalue weighted by atomic mass is 10.1. The summed E-state index contributed by atoms with van der Waals surface area (Å²) in [5.74, 6) is -0.863. The van der Waals surface area contributed by atoms with Crippen LogP contribution in [0.5, 0.6) is 0 Å². The third-order valence-corrected chi connectivity index (χ3v) is 5.92. The van der Waals surface area contributed by atoms with Crippen LogP contribution in [0.1, 0.15) is 36.8 Å². The Morgan fingerprint density at radius 1 is 1.15 bits per heavy atom. The van der Waals surface area contributed by atoms with Gasteiger partial charge >= 0.3 is 0 Å². The molecule has 8 nitrogen and oxygen atoms in total. The zero-order chi connectivity index (χ0) is 23.1. The van der Waals surface area contributed by atoms with Crippen molar-refractivity contribution in [3.63, 3.8) is 0 Å². The Hall–Kier alpha value is -3.59. The number of hydrogen-bond donors (Lipinski definition) is 2. The summed E-state index contributed by atoms with van der Waals surface area (Å²) in [6, 6.07) is 5.64. The van der Waals surface area contributed by atoms with Gasteiger partial charge in [0, 0.05) is 56.0 Å². The maximum absolute atomic E-state index is 14.6. The topological polar surface area (TPSA) is 87.5 Å². The van der Waals surface area contributed by atoms with E-state index in [-0.39, 0.29) is 11.6 Å². The number of anilines is 2. The summed E-state index contributed by atoms with van der Waals surface area (Å²) in [5.41, 5.74) is 3.90. The molecule has 0 spiro atoms. The van der Waals surface area contributed by atoms with E-state index in [1.165, 1.54) is 6.07 Å². The van der Waals surface area contributed by atoms with Crippen molar-refractivity contribution in [2.75, 3.05) is 23.3 Å². The number of amides is 1. The second kappa shape index (κ2) is 8.40. The van der Waals surface area contributed by atoms with Gasteiger partial charge in [-0.15, -0.1) is 0 Å². The first kappa shape index (κ1) is 21.3. The van der Waals surface area contributed by atoms with Gasteiger partial charge in [-0.1, -0.05) is 6.92 Å². The van der Waals surface area contributed by atoms with Crippen LogP contribution in [0, 0.1) is 5.82 Å². The quantitative estimate of drug-likeness (QED) is 0.499. The smallest absolute Gasteiger partial charge is 0.257 e. The Morgan fingerprint density at radius 2 is 1.88 bits per heavy atom. The van der Waals surface area contributed by atoms with Gasteiger partial charge in [0.1, 0.15) is 11.0 Å². The van der Waals surface area contributed by atoms with E-state index in [4.69, 9.17) is 0 Å². The Kier molecular flexibility index (Phi) is 5.41. The molecular formula is C24H26FN7O. The normalized spacial score (nSPS) is 18.7. The number of carbonyl (C=O) groups excluding carboxylic acids is 1. The standard InChI is InChI=1S/C24H26FN7O/c1-4-16-12-32-13-17(9-19(25)23(32)29-16)30-24(33)18-5-6-20(22-21(18)26-7-8-27-22)31-10-14(2)28-15(3)11-31/h5-9,12-15,28H,4,10-11H2,1-3H3,(H,30,33)/t14-,15-/m0/s1. The lowest BCUT2D eigenvalue weighted by Gasteiger charge is -2.38. The molecule has 0 bridgehead atoms. The first-order valence-electron chi connectivity index (χ1n) is 11.2. The average molecular weight is 448 g/mol. The molecule has 2 N–H and O–H groups in total. The zero-order valence-electron chi connectivity index (χ0n) is 18.8. The van der Waals surface area contributed by atoms with Crippen molar-refractivity contribution in [1.82, 2.24) is 24.7 Å². The third kappa shape index (κ3) is 4.00. The Labute approximate surface area is 190 Å². The number of rotatable bonds is 4. The first-order valence-corrected chi connectivity index (χ1v) is 11.2. The highest BCUT2D eigenvalue weighted by atomic mass is 19.1. The maximum atomic E-state index is 14.6. The molecule has 3 aromatic heterocycles. The van der Waals surface area contributed by atoms with Crippen LogP contribution >= 0.6 is 0 Å². The zero-order valence-corrected chi connectivity index (χ0v) is 18.8. The van der Waals surface area contributed by atoms with Crippen LogP contribution in [0.3, 0.4) is 0 Å². The summed E-state index contributed by atoms with van der Waals surface area (Å²) >= 11 is 0. The van der Waals surface area contributed by atoms with Gasteiger partial charge in [0.2, 0.25) is 0 Å². The molecule has 4 heterocycles. The molecular weight excluding hydrogens is 421 g/mol. The summed E-state index contributed by atoms with van der Waals surface area (Å²) in [6.45, 7) is 7.94. The lowest BCUT2D eigenvalue weighted by molar-refractivity contribution is 0.102. The summed E-state index contributed by atoms with van der Waals surface area (Å²) in [7, 11) is 0. The molecule has 33 heavy (non-hydrogen) atoms. The van der Waals surface area contributed by atoms with Crippen LogP contribution in [0.25, 0.3) is 16.7 Å². The van der Waals surface area contributed by atoms with Crippen molar-refractivity contribution in [3.05, 3.63) is 60.1 Å². The van der Waals surface area contributed by atoms with Crippen LogP contribution < -0.4 is 15.5 Å². The fourth-order valence-corrected chi connectivity index (χ4v) is 4.55. The molecule has 0 radical (unpaired) electrons. The van der Waals surface area contributed by atoms with Crippen LogP contribution in [-0.2, 0) is 6.42 Å². The Balaban J connectivity index is 1.49. The van der Waals surface area contributed by atoms with Crippen molar-refractivity contribution >= 4 is 34.0 Å². The van der Waals surface area contributed by atoms with Gasteiger partial charge < -0.3 is 19.9 Å². The third-order valence-electron chi connectivity index (χ3n) is 5.92. The fraction of sp³-hybridized carbons (Fsp3) is 0.333. The number of pyridine rings is 1. The van der Waals surface area contributed by atoms with Gasteiger partial charge in [0.15, 0.2) is 11.5 Å². The molecule has 5 rings (SSSR count).